The van der Waals surface area contributed by atoms with Gasteiger partial charge in [-0.1, -0.05) is 0 Å². The monoisotopic (exact) mass is 236 g/mol. The molecule has 1 fully saturated rings. The Bertz CT molecular complexity index is 341. The molecule has 5 heteroatoms. The van der Waals surface area contributed by atoms with Crippen LogP contribution in [0.5, 0.6) is 5.88 Å². The van der Waals surface area contributed by atoms with Crippen molar-refractivity contribution >= 4 is 5.95 Å². The molecule has 0 bridgehead atoms. The van der Waals surface area contributed by atoms with E-state index in [0.29, 0.717) is 18.4 Å². The lowest BCUT2D eigenvalue weighted by Gasteiger charge is -2.07. The SMILES string of the molecule is CCOc1ccnc(NCCCNC2CC2)n1. The number of aromatic nitrogens is 2. The van der Waals surface area contributed by atoms with Gasteiger partial charge in [-0.15, -0.1) is 0 Å². The van der Waals surface area contributed by atoms with Crippen molar-refractivity contribution in [1.82, 2.24) is 15.3 Å². The van der Waals surface area contributed by atoms with Crippen LogP contribution in [0, 0.1) is 0 Å². The van der Waals surface area contributed by atoms with E-state index in [2.05, 4.69) is 20.6 Å². The van der Waals surface area contributed by atoms with Crippen LogP contribution in [-0.2, 0) is 0 Å². The van der Waals surface area contributed by atoms with Gasteiger partial charge in [-0.25, -0.2) is 4.98 Å². The van der Waals surface area contributed by atoms with Gasteiger partial charge < -0.3 is 15.4 Å². The normalized spacial score (nSPS) is 14.6. The number of nitrogens with one attached hydrogen (secondary N) is 2. The van der Waals surface area contributed by atoms with E-state index in [9.17, 15) is 0 Å². The number of anilines is 1. The lowest BCUT2D eigenvalue weighted by atomic mass is 10.4. The summed E-state index contributed by atoms with van der Waals surface area (Å²) >= 11 is 0. The van der Waals surface area contributed by atoms with Gasteiger partial charge in [0.25, 0.3) is 0 Å². The molecule has 17 heavy (non-hydrogen) atoms. The second-order valence-corrected chi connectivity index (χ2v) is 4.16. The summed E-state index contributed by atoms with van der Waals surface area (Å²) < 4.78 is 5.31. The molecule has 1 saturated carbocycles. The minimum Gasteiger partial charge on any atom is -0.478 e. The molecule has 0 amide bonds. The van der Waals surface area contributed by atoms with E-state index >= 15 is 0 Å². The smallest absolute Gasteiger partial charge is 0.225 e. The third kappa shape index (κ3) is 4.56. The van der Waals surface area contributed by atoms with Gasteiger partial charge in [0.05, 0.1) is 6.61 Å². The molecule has 2 N–H and O–H groups in total. The van der Waals surface area contributed by atoms with Crippen LogP contribution in [0.15, 0.2) is 12.3 Å². The van der Waals surface area contributed by atoms with E-state index in [4.69, 9.17) is 4.74 Å². The van der Waals surface area contributed by atoms with E-state index in [-0.39, 0.29) is 0 Å². The van der Waals surface area contributed by atoms with Gasteiger partial charge in [-0.05, 0) is 32.7 Å². The van der Waals surface area contributed by atoms with Crippen molar-refractivity contribution in [2.75, 3.05) is 25.0 Å². The summed E-state index contributed by atoms with van der Waals surface area (Å²) in [7, 11) is 0. The van der Waals surface area contributed by atoms with Crippen molar-refractivity contribution in [3.63, 3.8) is 0 Å². The molecule has 0 atom stereocenters. The molecule has 0 aromatic carbocycles. The predicted molar refractivity (Wildman–Crippen MR) is 67.3 cm³/mol. The van der Waals surface area contributed by atoms with E-state index < -0.39 is 0 Å². The highest BCUT2D eigenvalue weighted by atomic mass is 16.5. The van der Waals surface area contributed by atoms with Crippen LogP contribution in [0.1, 0.15) is 26.2 Å². The first kappa shape index (κ1) is 12.1. The third-order valence-corrected chi connectivity index (χ3v) is 2.57. The van der Waals surface area contributed by atoms with E-state index in [1.807, 2.05) is 6.92 Å². The number of hydrogen-bond acceptors (Lipinski definition) is 5. The molecule has 1 aromatic rings. The largest absolute Gasteiger partial charge is 0.478 e. The van der Waals surface area contributed by atoms with Crippen molar-refractivity contribution in [3.8, 4) is 5.88 Å². The zero-order valence-corrected chi connectivity index (χ0v) is 10.3. The summed E-state index contributed by atoms with van der Waals surface area (Å²) in [5.74, 6) is 1.27. The average Bonchev–Trinajstić information content (AvgIpc) is 3.14. The number of ether oxygens (including phenoxy) is 1. The molecular formula is C12H20N4O. The highest BCUT2D eigenvalue weighted by Crippen LogP contribution is 2.18. The first-order chi connectivity index (χ1) is 8.38. The van der Waals surface area contributed by atoms with Crippen LogP contribution < -0.4 is 15.4 Å². The Morgan fingerprint density at radius 3 is 3.06 bits per heavy atom. The highest BCUT2D eigenvalue weighted by Gasteiger charge is 2.19. The Labute approximate surface area is 102 Å². The zero-order valence-electron chi connectivity index (χ0n) is 10.3. The number of rotatable bonds is 8. The molecule has 0 aliphatic heterocycles. The minimum absolute atomic E-state index is 0.626. The lowest BCUT2D eigenvalue weighted by Crippen LogP contribution is -2.20. The van der Waals surface area contributed by atoms with Crippen LogP contribution in [-0.4, -0.2) is 35.7 Å². The Morgan fingerprint density at radius 1 is 1.41 bits per heavy atom. The second-order valence-electron chi connectivity index (χ2n) is 4.16. The van der Waals surface area contributed by atoms with Crippen LogP contribution >= 0.6 is 0 Å². The van der Waals surface area contributed by atoms with Crippen LogP contribution in [0.2, 0.25) is 0 Å². The molecule has 94 valence electrons. The Hall–Kier alpha value is -1.36. The summed E-state index contributed by atoms with van der Waals surface area (Å²) in [5, 5.41) is 6.66. The van der Waals surface area contributed by atoms with Gasteiger partial charge in [0, 0.05) is 24.8 Å². The summed E-state index contributed by atoms with van der Waals surface area (Å²) in [5.41, 5.74) is 0. The lowest BCUT2D eigenvalue weighted by molar-refractivity contribution is 0.326. The Morgan fingerprint density at radius 2 is 2.29 bits per heavy atom. The van der Waals surface area contributed by atoms with Crippen molar-refractivity contribution in [1.29, 1.82) is 0 Å². The third-order valence-electron chi connectivity index (χ3n) is 2.57. The maximum Gasteiger partial charge on any atom is 0.225 e. The molecule has 2 rings (SSSR count). The summed E-state index contributed by atoms with van der Waals surface area (Å²) in [6.07, 6.45) is 5.47. The van der Waals surface area contributed by atoms with Gasteiger partial charge in [-0.3, -0.25) is 0 Å². The fourth-order valence-corrected chi connectivity index (χ4v) is 1.54. The molecule has 1 aliphatic carbocycles. The molecule has 1 aromatic heterocycles. The summed E-state index contributed by atoms with van der Waals surface area (Å²) in [6.45, 7) is 4.51. The van der Waals surface area contributed by atoms with Crippen LogP contribution in [0.25, 0.3) is 0 Å². The molecule has 0 radical (unpaired) electrons. The first-order valence-corrected chi connectivity index (χ1v) is 6.31. The van der Waals surface area contributed by atoms with Gasteiger partial charge in [0.2, 0.25) is 11.8 Å². The van der Waals surface area contributed by atoms with Crippen molar-refractivity contribution in [3.05, 3.63) is 12.3 Å². The molecular weight excluding hydrogens is 216 g/mol. The minimum atomic E-state index is 0.626. The second kappa shape index (κ2) is 6.39. The average molecular weight is 236 g/mol. The van der Waals surface area contributed by atoms with E-state index in [1.165, 1.54) is 12.8 Å². The van der Waals surface area contributed by atoms with Crippen molar-refractivity contribution in [2.24, 2.45) is 0 Å². The first-order valence-electron chi connectivity index (χ1n) is 6.31. The fourth-order valence-electron chi connectivity index (χ4n) is 1.54. The van der Waals surface area contributed by atoms with Crippen molar-refractivity contribution < 1.29 is 4.74 Å². The summed E-state index contributed by atoms with van der Waals surface area (Å²) in [6, 6.07) is 2.55. The molecule has 1 aliphatic rings. The summed E-state index contributed by atoms with van der Waals surface area (Å²) in [4.78, 5) is 8.39. The molecule has 5 nitrogen and oxygen atoms in total. The van der Waals surface area contributed by atoms with Gasteiger partial charge in [0.1, 0.15) is 0 Å². The van der Waals surface area contributed by atoms with Crippen LogP contribution in [0.4, 0.5) is 5.95 Å². The Balaban J connectivity index is 1.64. The quantitative estimate of drug-likeness (QED) is 0.669. The van der Waals surface area contributed by atoms with Gasteiger partial charge in [0.15, 0.2) is 0 Å². The number of hydrogen-bond donors (Lipinski definition) is 2. The zero-order chi connectivity index (χ0) is 11.9. The standard InChI is InChI=1S/C12H20N4O/c1-2-17-11-6-9-15-12(16-11)14-8-3-7-13-10-4-5-10/h6,9-10,13H,2-5,7-8H2,1H3,(H,14,15,16). The molecule has 1 heterocycles. The van der Waals surface area contributed by atoms with E-state index in [1.54, 1.807) is 12.3 Å². The predicted octanol–water partition coefficient (Wildman–Crippen LogP) is 1.43. The topological polar surface area (TPSA) is 59.1 Å². The highest BCUT2D eigenvalue weighted by molar-refractivity contribution is 5.27. The molecule has 0 unspecified atom stereocenters. The van der Waals surface area contributed by atoms with Crippen LogP contribution in [0.3, 0.4) is 0 Å². The maximum atomic E-state index is 5.31. The van der Waals surface area contributed by atoms with Crippen molar-refractivity contribution in [2.45, 2.75) is 32.2 Å². The van der Waals surface area contributed by atoms with Gasteiger partial charge in [-0.2, -0.15) is 4.98 Å². The van der Waals surface area contributed by atoms with E-state index in [0.717, 1.165) is 25.6 Å². The molecule has 0 spiro atoms. The molecule has 0 saturated heterocycles. The maximum absolute atomic E-state index is 5.31. The Kier molecular flexibility index (Phi) is 4.55. The number of nitrogens with zero attached hydrogens (tertiary/aromatic N) is 2. The van der Waals surface area contributed by atoms with Gasteiger partial charge >= 0.3 is 0 Å². The fraction of sp³-hybridized carbons (Fsp3) is 0.667.